The summed E-state index contributed by atoms with van der Waals surface area (Å²) in [6, 6.07) is 3.80. The van der Waals surface area contributed by atoms with E-state index in [0.29, 0.717) is 0 Å². The lowest BCUT2D eigenvalue weighted by atomic mass is 10.1. The molecule has 1 aromatic carbocycles. The van der Waals surface area contributed by atoms with E-state index in [0.717, 1.165) is 0 Å². The van der Waals surface area contributed by atoms with Crippen LogP contribution in [0, 0.1) is 0 Å². The van der Waals surface area contributed by atoms with Crippen molar-refractivity contribution in [2.75, 3.05) is 5.75 Å². The van der Waals surface area contributed by atoms with E-state index in [4.69, 9.17) is 5.11 Å². The maximum atomic E-state index is 11.0. The van der Waals surface area contributed by atoms with Crippen molar-refractivity contribution >= 4 is 18.4 Å². The Morgan fingerprint density at radius 1 is 1.42 bits per heavy atom. The molecule has 0 heterocycles. The van der Waals surface area contributed by atoms with Gasteiger partial charge in [-0.25, -0.2) is 0 Å². The molecular weight excluding hydrogens is 176 g/mol. The number of thiol groups is 1. The molecule has 0 aliphatic rings. The summed E-state index contributed by atoms with van der Waals surface area (Å²) in [6.07, 6.45) is 0. The van der Waals surface area contributed by atoms with Crippen molar-refractivity contribution < 1.29 is 15.0 Å². The van der Waals surface area contributed by atoms with Gasteiger partial charge >= 0.3 is 0 Å². The molecule has 0 unspecified atom stereocenters. The Hall–Kier alpha value is -1.16. The molecule has 0 fully saturated rings. The normalized spacial score (nSPS) is 9.75. The van der Waals surface area contributed by atoms with Crippen LogP contribution in [0.5, 0.6) is 11.5 Å². The zero-order chi connectivity index (χ0) is 9.14. The van der Waals surface area contributed by atoms with Crippen LogP contribution < -0.4 is 0 Å². The molecule has 0 aliphatic heterocycles. The Morgan fingerprint density at radius 2 is 2.08 bits per heavy atom. The number of rotatable bonds is 2. The summed E-state index contributed by atoms with van der Waals surface area (Å²) in [5.74, 6) is -0.478. The fourth-order valence-electron chi connectivity index (χ4n) is 0.833. The number of phenolic OH excluding ortho intramolecular Hbond substituents is 2. The Labute approximate surface area is 75.1 Å². The van der Waals surface area contributed by atoms with Crippen LogP contribution >= 0.6 is 12.6 Å². The lowest BCUT2D eigenvalue weighted by Gasteiger charge is -2.01. The predicted molar refractivity (Wildman–Crippen MR) is 48.0 cm³/mol. The standard InChI is InChI=1S/C8H8O3S/c9-5-1-2-7(10)6(3-5)8(11)4-12/h1-3,9-10,12H,4H2. The number of hydrogen-bond acceptors (Lipinski definition) is 4. The molecule has 64 valence electrons. The van der Waals surface area contributed by atoms with Gasteiger partial charge in [0.2, 0.25) is 0 Å². The number of aromatic hydroxyl groups is 2. The summed E-state index contributed by atoms with van der Waals surface area (Å²) in [7, 11) is 0. The maximum Gasteiger partial charge on any atom is 0.176 e. The van der Waals surface area contributed by atoms with E-state index in [1.807, 2.05) is 0 Å². The molecule has 1 aromatic rings. The minimum atomic E-state index is -0.313. The molecule has 12 heavy (non-hydrogen) atoms. The van der Waals surface area contributed by atoms with E-state index in [9.17, 15) is 9.90 Å². The summed E-state index contributed by atoms with van der Waals surface area (Å²) < 4.78 is 0. The fourth-order valence-corrected chi connectivity index (χ4v) is 1.00. The SMILES string of the molecule is O=C(CS)c1cc(O)ccc1O. The highest BCUT2D eigenvalue weighted by atomic mass is 32.1. The third-order valence-electron chi connectivity index (χ3n) is 1.42. The highest BCUT2D eigenvalue weighted by Gasteiger charge is 2.09. The smallest absolute Gasteiger partial charge is 0.176 e. The van der Waals surface area contributed by atoms with Gasteiger partial charge in [0, 0.05) is 0 Å². The van der Waals surface area contributed by atoms with E-state index >= 15 is 0 Å². The van der Waals surface area contributed by atoms with Crippen molar-refractivity contribution in [3.8, 4) is 11.5 Å². The summed E-state index contributed by atoms with van der Waals surface area (Å²) in [4.78, 5) is 11.0. The van der Waals surface area contributed by atoms with Crippen molar-refractivity contribution in [2.24, 2.45) is 0 Å². The molecule has 0 radical (unpaired) electrons. The number of phenols is 2. The lowest BCUT2D eigenvalue weighted by molar-refractivity contribution is 0.102. The van der Waals surface area contributed by atoms with E-state index in [1.165, 1.54) is 18.2 Å². The Morgan fingerprint density at radius 3 is 2.67 bits per heavy atom. The first-order chi connectivity index (χ1) is 5.65. The van der Waals surface area contributed by atoms with E-state index in [-0.39, 0.29) is 28.6 Å². The molecular formula is C8H8O3S. The van der Waals surface area contributed by atoms with Crippen LogP contribution in [0.3, 0.4) is 0 Å². The van der Waals surface area contributed by atoms with Crippen LogP contribution in [0.2, 0.25) is 0 Å². The molecule has 0 aliphatic carbocycles. The molecule has 0 amide bonds. The van der Waals surface area contributed by atoms with Crippen molar-refractivity contribution in [3.63, 3.8) is 0 Å². The number of hydrogen-bond donors (Lipinski definition) is 3. The highest BCUT2D eigenvalue weighted by Crippen LogP contribution is 2.22. The number of Topliss-reactive ketones (excluding diaryl/α,β-unsaturated/α-hetero) is 1. The van der Waals surface area contributed by atoms with Crippen molar-refractivity contribution in [1.29, 1.82) is 0 Å². The van der Waals surface area contributed by atoms with E-state index < -0.39 is 0 Å². The molecule has 0 bridgehead atoms. The first kappa shape index (κ1) is 8.93. The van der Waals surface area contributed by atoms with Gasteiger partial charge in [-0.05, 0) is 18.2 Å². The van der Waals surface area contributed by atoms with Gasteiger partial charge in [0.1, 0.15) is 11.5 Å². The number of benzene rings is 1. The van der Waals surface area contributed by atoms with Gasteiger partial charge in [-0.15, -0.1) is 0 Å². The van der Waals surface area contributed by atoms with Crippen LogP contribution in [-0.4, -0.2) is 21.7 Å². The predicted octanol–water partition coefficient (Wildman–Crippen LogP) is 1.21. The van der Waals surface area contributed by atoms with Gasteiger partial charge in [-0.2, -0.15) is 12.6 Å². The van der Waals surface area contributed by atoms with Gasteiger partial charge in [0.05, 0.1) is 11.3 Å². The second kappa shape index (κ2) is 3.49. The molecule has 0 atom stereocenters. The molecule has 0 saturated heterocycles. The number of carbonyl (C=O) groups excluding carboxylic acids is 1. The quantitative estimate of drug-likeness (QED) is 0.368. The Kier molecular flexibility index (Phi) is 2.60. The molecule has 4 heteroatoms. The molecule has 1 rings (SSSR count). The zero-order valence-corrected chi connectivity index (χ0v) is 7.08. The van der Waals surface area contributed by atoms with Gasteiger partial charge in [0.25, 0.3) is 0 Å². The number of ketones is 1. The molecule has 0 spiro atoms. The Balaban J connectivity index is 3.13. The highest BCUT2D eigenvalue weighted by molar-refractivity contribution is 7.81. The monoisotopic (exact) mass is 184 g/mol. The molecule has 0 aromatic heterocycles. The summed E-state index contributed by atoms with van der Waals surface area (Å²) in [6.45, 7) is 0. The summed E-state index contributed by atoms with van der Waals surface area (Å²) in [5.41, 5.74) is 0.102. The lowest BCUT2D eigenvalue weighted by Crippen LogP contribution is -2.00. The maximum absolute atomic E-state index is 11.0. The van der Waals surface area contributed by atoms with Gasteiger partial charge in [0.15, 0.2) is 5.78 Å². The van der Waals surface area contributed by atoms with Crippen molar-refractivity contribution in [2.45, 2.75) is 0 Å². The largest absolute Gasteiger partial charge is 0.508 e. The third-order valence-corrected chi connectivity index (χ3v) is 1.71. The van der Waals surface area contributed by atoms with E-state index in [2.05, 4.69) is 12.6 Å². The van der Waals surface area contributed by atoms with Gasteiger partial charge < -0.3 is 10.2 Å². The zero-order valence-electron chi connectivity index (χ0n) is 6.19. The fraction of sp³-hybridized carbons (Fsp3) is 0.125. The second-order valence-corrected chi connectivity index (χ2v) is 2.60. The molecule has 3 nitrogen and oxygen atoms in total. The van der Waals surface area contributed by atoms with Crippen LogP contribution in [0.1, 0.15) is 10.4 Å². The van der Waals surface area contributed by atoms with Crippen LogP contribution in [0.15, 0.2) is 18.2 Å². The van der Waals surface area contributed by atoms with Crippen LogP contribution in [0.4, 0.5) is 0 Å². The Bertz CT molecular complexity index is 309. The average molecular weight is 184 g/mol. The van der Waals surface area contributed by atoms with Gasteiger partial charge in [-0.3, -0.25) is 4.79 Å². The third kappa shape index (κ3) is 1.71. The second-order valence-electron chi connectivity index (χ2n) is 2.28. The first-order valence-electron chi connectivity index (χ1n) is 3.31. The molecule has 0 saturated carbocycles. The number of carbonyl (C=O) groups is 1. The van der Waals surface area contributed by atoms with Crippen molar-refractivity contribution in [1.82, 2.24) is 0 Å². The minimum absolute atomic E-state index is 0.0109. The van der Waals surface area contributed by atoms with Crippen molar-refractivity contribution in [3.05, 3.63) is 23.8 Å². The van der Waals surface area contributed by atoms with E-state index in [1.54, 1.807) is 0 Å². The molecule has 2 N–H and O–H groups in total. The van der Waals surface area contributed by atoms with Crippen LogP contribution in [-0.2, 0) is 0 Å². The topological polar surface area (TPSA) is 57.5 Å². The van der Waals surface area contributed by atoms with Crippen LogP contribution in [0.25, 0.3) is 0 Å². The minimum Gasteiger partial charge on any atom is -0.508 e. The summed E-state index contributed by atoms with van der Waals surface area (Å²) in [5, 5.41) is 18.2. The summed E-state index contributed by atoms with van der Waals surface area (Å²) >= 11 is 3.77. The first-order valence-corrected chi connectivity index (χ1v) is 3.94. The average Bonchev–Trinajstić information content (AvgIpc) is 2.08. The van der Waals surface area contributed by atoms with Gasteiger partial charge in [-0.1, -0.05) is 0 Å².